The summed E-state index contributed by atoms with van der Waals surface area (Å²) in [4.78, 5) is 37.4. The molecule has 1 amide bonds. The van der Waals surface area contributed by atoms with Gasteiger partial charge in [-0.25, -0.2) is 0 Å². The minimum atomic E-state index is -4.43. The van der Waals surface area contributed by atoms with Gasteiger partial charge >= 0.3 is 12.1 Å². The molecule has 2 unspecified atom stereocenters. The Hall–Kier alpha value is -2.89. The van der Waals surface area contributed by atoms with E-state index in [1.165, 1.54) is 19.2 Å². The second kappa shape index (κ2) is 15.7. The molecule has 2 aromatic carbocycles. The van der Waals surface area contributed by atoms with E-state index in [4.69, 9.17) is 0 Å². The van der Waals surface area contributed by atoms with Crippen molar-refractivity contribution in [1.82, 2.24) is 15.5 Å². The molecule has 0 aromatic heterocycles. The first-order valence-corrected chi connectivity index (χ1v) is 15.3. The van der Waals surface area contributed by atoms with Crippen LogP contribution in [0.3, 0.4) is 0 Å². The van der Waals surface area contributed by atoms with E-state index in [0.717, 1.165) is 56.1 Å². The van der Waals surface area contributed by atoms with Crippen molar-refractivity contribution in [3.05, 3.63) is 70.8 Å². The minimum Gasteiger partial charge on any atom is -0.469 e. The van der Waals surface area contributed by atoms with Crippen LogP contribution in [-0.4, -0.2) is 55.2 Å². The number of methoxy groups -OCH3 is 1. The van der Waals surface area contributed by atoms with Crippen LogP contribution in [0.4, 0.5) is 13.2 Å². The number of benzene rings is 2. The van der Waals surface area contributed by atoms with E-state index in [1.54, 1.807) is 19.2 Å². The Morgan fingerprint density at radius 2 is 1.79 bits per heavy atom. The fraction of sp³-hybridized carbons (Fsp3) is 0.531. The number of alkyl halides is 3. The quantitative estimate of drug-likeness (QED) is 0.168. The molecular weight excluding hydrogens is 579 g/mol. The van der Waals surface area contributed by atoms with Crippen LogP contribution < -0.4 is 10.6 Å². The van der Waals surface area contributed by atoms with Gasteiger partial charge in [-0.05, 0) is 74.1 Å². The fourth-order valence-corrected chi connectivity index (χ4v) is 6.18. The van der Waals surface area contributed by atoms with Gasteiger partial charge in [0.05, 0.1) is 30.8 Å². The molecular formula is C32H42F3N3O4S. The van der Waals surface area contributed by atoms with Gasteiger partial charge in [-0.15, -0.1) is 0 Å². The summed E-state index contributed by atoms with van der Waals surface area (Å²) in [5, 5.41) is 6.40. The average Bonchev–Trinajstić information content (AvgIpc) is 3.29. The van der Waals surface area contributed by atoms with E-state index in [-0.39, 0.29) is 17.9 Å². The third kappa shape index (κ3) is 8.61. The molecule has 2 atom stereocenters. The van der Waals surface area contributed by atoms with Crippen LogP contribution in [0.1, 0.15) is 91.0 Å². The van der Waals surface area contributed by atoms with E-state index < -0.39 is 23.4 Å². The Balaban J connectivity index is 0.000000557. The number of esters is 1. The maximum absolute atomic E-state index is 14.0. The second-order valence-electron chi connectivity index (χ2n) is 11.0. The Labute approximate surface area is 257 Å². The Morgan fingerprint density at radius 3 is 2.28 bits per heavy atom. The minimum absolute atomic E-state index is 0.133. The Kier molecular flexibility index (Phi) is 12.6. The molecule has 1 spiro atoms. The van der Waals surface area contributed by atoms with Gasteiger partial charge < -0.3 is 15.0 Å². The number of nitrogens with zero attached hydrogens (tertiary/aromatic N) is 1. The van der Waals surface area contributed by atoms with Crippen LogP contribution in [0, 0.1) is 5.92 Å². The molecule has 0 bridgehead atoms. The van der Waals surface area contributed by atoms with Crippen LogP contribution in [0.25, 0.3) is 0 Å². The van der Waals surface area contributed by atoms with Crippen molar-refractivity contribution >= 4 is 30.8 Å². The first-order chi connectivity index (χ1) is 20.5. The first-order valence-electron chi connectivity index (χ1n) is 14.7. The number of nitrogens with one attached hydrogen (secondary N) is 2. The van der Waals surface area contributed by atoms with Gasteiger partial charge in [0.1, 0.15) is 12.3 Å². The summed E-state index contributed by atoms with van der Waals surface area (Å²) in [5.41, 5.74) is 0.704. The number of hydrogen-bond acceptors (Lipinski definition) is 7. The molecule has 2 aliphatic rings. The van der Waals surface area contributed by atoms with Gasteiger partial charge in [-0.1, -0.05) is 49.7 Å². The van der Waals surface area contributed by atoms with Crippen LogP contribution >= 0.6 is 12.6 Å². The van der Waals surface area contributed by atoms with Crippen molar-refractivity contribution in [3.8, 4) is 0 Å². The molecule has 43 heavy (non-hydrogen) atoms. The molecule has 2 aromatic rings. The zero-order valence-electron chi connectivity index (χ0n) is 25.0. The third-order valence-corrected chi connectivity index (χ3v) is 8.68. The van der Waals surface area contributed by atoms with E-state index in [9.17, 15) is 27.6 Å². The number of thiol groups is 1. The second-order valence-corrected chi connectivity index (χ2v) is 11.5. The molecule has 1 saturated carbocycles. The van der Waals surface area contributed by atoms with Crippen LogP contribution in [0.2, 0.25) is 0 Å². The summed E-state index contributed by atoms with van der Waals surface area (Å²) < 4.78 is 43.7. The zero-order valence-corrected chi connectivity index (χ0v) is 25.8. The SMILES string of the molecule is CCC1CCC2(CC1)NC(c1ccc(C(F)(F)F)cc1)C(=O)N2C(CCS)c1ccc(C=O)cc1.CNCCC(=O)OC. The fourth-order valence-electron chi connectivity index (χ4n) is 5.93. The van der Waals surface area contributed by atoms with Gasteiger partial charge in [-0.2, -0.15) is 25.8 Å². The largest absolute Gasteiger partial charge is 0.469 e. The smallest absolute Gasteiger partial charge is 0.416 e. The molecule has 7 nitrogen and oxygen atoms in total. The first kappa shape index (κ1) is 34.6. The number of carbonyl (C=O) groups excluding carboxylic acids is 3. The highest BCUT2D eigenvalue weighted by atomic mass is 32.1. The number of aldehydes is 1. The molecule has 1 heterocycles. The molecule has 236 valence electrons. The molecule has 2 N–H and O–H groups in total. The van der Waals surface area contributed by atoms with Gasteiger partial charge in [-0.3, -0.25) is 19.7 Å². The normalized spacial score (nSPS) is 22.6. The van der Waals surface area contributed by atoms with Crippen LogP contribution in [-0.2, 0) is 20.5 Å². The van der Waals surface area contributed by atoms with Gasteiger partial charge in [0.15, 0.2) is 0 Å². The van der Waals surface area contributed by atoms with Crippen LogP contribution in [0.15, 0.2) is 48.5 Å². The molecule has 2 fully saturated rings. The lowest BCUT2D eigenvalue weighted by Crippen LogP contribution is -2.55. The van der Waals surface area contributed by atoms with Crippen molar-refractivity contribution in [2.24, 2.45) is 5.92 Å². The lowest BCUT2D eigenvalue weighted by Gasteiger charge is -2.47. The van der Waals surface area contributed by atoms with Gasteiger partial charge in [0, 0.05) is 12.1 Å². The summed E-state index contributed by atoms with van der Waals surface area (Å²) in [6, 6.07) is 11.2. The van der Waals surface area contributed by atoms with E-state index in [1.807, 2.05) is 17.0 Å². The van der Waals surface area contributed by atoms with Crippen molar-refractivity contribution in [3.63, 3.8) is 0 Å². The highest BCUT2D eigenvalue weighted by Gasteiger charge is 2.54. The summed E-state index contributed by atoms with van der Waals surface area (Å²) in [7, 11) is 3.18. The lowest BCUT2D eigenvalue weighted by atomic mass is 9.79. The zero-order chi connectivity index (χ0) is 31.6. The highest BCUT2D eigenvalue weighted by molar-refractivity contribution is 7.80. The van der Waals surface area contributed by atoms with Gasteiger partial charge in [0.2, 0.25) is 5.91 Å². The summed E-state index contributed by atoms with van der Waals surface area (Å²) in [6.07, 6.45) is 2.03. The topological polar surface area (TPSA) is 87.7 Å². The standard InChI is InChI=1S/C27H31F3N2O2S.C5H11NO2/c1-2-18-11-14-26(15-12-18)31-24(21-7-9-22(10-8-21)27(28,29)30)25(34)32(26)23(13-16-35)20-5-3-19(17-33)4-6-20;1-6-4-3-5(7)8-2/h3-10,17-18,23-24,31,35H,2,11-16H2,1H3;6H,3-4H2,1-2H3. The molecule has 1 aliphatic heterocycles. The third-order valence-electron chi connectivity index (χ3n) is 8.42. The number of ether oxygens (including phenoxy) is 1. The maximum atomic E-state index is 14.0. The molecule has 4 rings (SSSR count). The summed E-state index contributed by atoms with van der Waals surface area (Å²) in [5.74, 6) is 0.854. The van der Waals surface area contributed by atoms with E-state index in [2.05, 4.69) is 34.9 Å². The monoisotopic (exact) mass is 621 g/mol. The molecule has 1 aliphatic carbocycles. The van der Waals surface area contributed by atoms with Crippen molar-refractivity contribution in [2.45, 2.75) is 75.8 Å². The molecule has 1 saturated heterocycles. The summed E-state index contributed by atoms with van der Waals surface area (Å²) in [6.45, 7) is 2.86. The predicted octanol–water partition coefficient (Wildman–Crippen LogP) is 6.12. The number of rotatable bonds is 10. The van der Waals surface area contributed by atoms with E-state index >= 15 is 0 Å². The Bertz CT molecular complexity index is 1200. The average molecular weight is 622 g/mol. The summed E-state index contributed by atoms with van der Waals surface area (Å²) >= 11 is 4.46. The predicted molar refractivity (Wildman–Crippen MR) is 163 cm³/mol. The van der Waals surface area contributed by atoms with Crippen molar-refractivity contribution < 1.29 is 32.3 Å². The van der Waals surface area contributed by atoms with Crippen molar-refractivity contribution in [2.75, 3.05) is 26.5 Å². The molecule has 11 heteroatoms. The van der Waals surface area contributed by atoms with E-state index in [0.29, 0.717) is 42.2 Å². The Morgan fingerprint density at radius 1 is 1.16 bits per heavy atom. The number of halogens is 3. The van der Waals surface area contributed by atoms with Crippen LogP contribution in [0.5, 0.6) is 0 Å². The number of carbonyl (C=O) groups is 3. The van der Waals surface area contributed by atoms with Crippen molar-refractivity contribution in [1.29, 1.82) is 0 Å². The molecule has 0 radical (unpaired) electrons. The number of hydrogen-bond donors (Lipinski definition) is 3. The lowest BCUT2D eigenvalue weighted by molar-refractivity contribution is -0.140. The highest BCUT2D eigenvalue weighted by Crippen LogP contribution is 2.47. The number of amides is 1. The van der Waals surface area contributed by atoms with Gasteiger partial charge in [0.25, 0.3) is 0 Å². The maximum Gasteiger partial charge on any atom is 0.416 e.